The summed E-state index contributed by atoms with van der Waals surface area (Å²) in [5, 5.41) is 5.69. The second-order valence-corrected chi connectivity index (χ2v) is 4.92. The molecule has 0 aliphatic heterocycles. The molecule has 8 heteroatoms. The molecular weight excluding hydrogens is 321 g/mol. The smallest absolute Gasteiger partial charge is 0.308 e. The summed E-state index contributed by atoms with van der Waals surface area (Å²) in [7, 11) is 0. The molecule has 5 nitrogen and oxygen atoms in total. The fourth-order valence-corrected chi connectivity index (χ4v) is 2.10. The number of amides is 2. The third kappa shape index (κ3) is 3.60. The van der Waals surface area contributed by atoms with E-state index in [-0.39, 0.29) is 5.69 Å². The lowest BCUT2D eigenvalue weighted by Crippen LogP contribution is -2.20. The molecule has 3 rings (SSSR count). The van der Waals surface area contributed by atoms with E-state index in [4.69, 9.17) is 0 Å². The Morgan fingerprint density at radius 1 is 0.958 bits per heavy atom. The van der Waals surface area contributed by atoms with Crippen LogP contribution in [-0.2, 0) is 6.18 Å². The number of para-hydroxylation sites is 1. The number of benzene rings is 1. The number of carbonyl (C=O) groups is 1. The minimum Gasteiger partial charge on any atom is -0.308 e. The molecule has 0 saturated heterocycles. The van der Waals surface area contributed by atoms with Gasteiger partial charge in [0, 0.05) is 17.3 Å². The average molecular weight is 332 g/mol. The van der Waals surface area contributed by atoms with Crippen molar-refractivity contribution in [3.63, 3.8) is 0 Å². The summed E-state index contributed by atoms with van der Waals surface area (Å²) in [6.45, 7) is 0. The summed E-state index contributed by atoms with van der Waals surface area (Å²) in [4.78, 5) is 19.3. The van der Waals surface area contributed by atoms with Gasteiger partial charge in [-0.25, -0.2) is 4.79 Å². The topological polar surface area (TPSA) is 66.9 Å². The average Bonchev–Trinajstić information content (AvgIpc) is 2.54. The van der Waals surface area contributed by atoms with Gasteiger partial charge in [-0.05, 0) is 24.3 Å². The summed E-state index contributed by atoms with van der Waals surface area (Å²) >= 11 is 0. The number of urea groups is 1. The normalized spacial score (nSPS) is 11.3. The second kappa shape index (κ2) is 6.15. The van der Waals surface area contributed by atoms with E-state index in [0.29, 0.717) is 5.69 Å². The van der Waals surface area contributed by atoms with Gasteiger partial charge >= 0.3 is 12.2 Å². The molecule has 1 aromatic carbocycles. The maximum atomic E-state index is 12.6. The van der Waals surface area contributed by atoms with Crippen LogP contribution in [0.25, 0.3) is 10.9 Å². The lowest BCUT2D eigenvalue weighted by molar-refractivity contribution is -0.141. The first-order valence-corrected chi connectivity index (χ1v) is 6.88. The van der Waals surface area contributed by atoms with Gasteiger partial charge in [0.25, 0.3) is 0 Å². The van der Waals surface area contributed by atoms with E-state index in [1.165, 1.54) is 12.3 Å². The quantitative estimate of drug-likeness (QED) is 0.735. The fraction of sp³-hybridized carbons (Fsp3) is 0.0625. The molecule has 122 valence electrons. The van der Waals surface area contributed by atoms with Crippen molar-refractivity contribution >= 4 is 28.3 Å². The highest BCUT2D eigenvalue weighted by Crippen LogP contribution is 2.28. The van der Waals surface area contributed by atoms with Gasteiger partial charge in [0.15, 0.2) is 0 Å². The van der Waals surface area contributed by atoms with Gasteiger partial charge in [-0.1, -0.05) is 18.2 Å². The van der Waals surface area contributed by atoms with Crippen molar-refractivity contribution in [2.45, 2.75) is 6.18 Å². The van der Waals surface area contributed by atoms with E-state index < -0.39 is 17.9 Å². The zero-order chi connectivity index (χ0) is 17.2. The number of aromatic nitrogens is 2. The number of carbonyl (C=O) groups excluding carboxylic acids is 1. The first-order chi connectivity index (χ1) is 11.4. The molecule has 0 spiro atoms. The highest BCUT2D eigenvalue weighted by atomic mass is 19.4. The first-order valence-electron chi connectivity index (χ1n) is 6.88. The molecule has 0 bridgehead atoms. The summed E-state index contributed by atoms with van der Waals surface area (Å²) in [6.07, 6.45) is -2.12. The first kappa shape index (κ1) is 15.7. The Bertz CT molecular complexity index is 896. The molecule has 0 unspecified atom stereocenters. The highest BCUT2D eigenvalue weighted by Gasteiger charge is 2.32. The predicted octanol–water partition coefficient (Wildman–Crippen LogP) is 4.29. The van der Waals surface area contributed by atoms with Crippen LogP contribution in [0.15, 0.2) is 54.9 Å². The van der Waals surface area contributed by atoms with Crippen molar-refractivity contribution < 1.29 is 18.0 Å². The molecule has 0 fully saturated rings. The largest absolute Gasteiger partial charge is 0.433 e. The molecule has 0 atom stereocenters. The standard InChI is InChI=1S/C16H11F3N4O/c17-16(18,19)14-8-11(5-6-20-14)22-15(24)23-12-7-10-3-1-2-4-13(10)21-9-12/h1-9H,(H2,20,22,23,24). The third-order valence-corrected chi connectivity index (χ3v) is 3.16. The Morgan fingerprint density at radius 2 is 1.71 bits per heavy atom. The van der Waals surface area contributed by atoms with Crippen molar-refractivity contribution in [1.29, 1.82) is 0 Å². The van der Waals surface area contributed by atoms with Crippen molar-refractivity contribution in [2.24, 2.45) is 0 Å². The molecular formula is C16H11F3N4O. The van der Waals surface area contributed by atoms with Gasteiger partial charge in [0.1, 0.15) is 5.69 Å². The van der Waals surface area contributed by atoms with E-state index in [1.54, 1.807) is 6.07 Å². The minimum absolute atomic E-state index is 0.0106. The highest BCUT2D eigenvalue weighted by molar-refractivity contribution is 6.00. The SMILES string of the molecule is O=C(Nc1ccnc(C(F)(F)F)c1)Nc1cnc2ccccc2c1. The maximum Gasteiger partial charge on any atom is 0.433 e. The predicted molar refractivity (Wildman–Crippen MR) is 83.6 cm³/mol. The number of rotatable bonds is 2. The van der Waals surface area contributed by atoms with Crippen LogP contribution in [0.5, 0.6) is 0 Å². The molecule has 2 amide bonds. The van der Waals surface area contributed by atoms with Gasteiger partial charge in [0.05, 0.1) is 17.4 Å². The van der Waals surface area contributed by atoms with Crippen LogP contribution in [0.4, 0.5) is 29.3 Å². The fourth-order valence-electron chi connectivity index (χ4n) is 2.10. The number of pyridine rings is 2. The van der Waals surface area contributed by atoms with Gasteiger partial charge in [-0.2, -0.15) is 13.2 Å². The van der Waals surface area contributed by atoms with Crippen molar-refractivity contribution in [2.75, 3.05) is 10.6 Å². The number of hydrogen-bond donors (Lipinski definition) is 2. The molecule has 2 heterocycles. The molecule has 0 radical (unpaired) electrons. The zero-order valence-corrected chi connectivity index (χ0v) is 12.1. The Labute approximate surface area is 134 Å². The number of halogens is 3. The summed E-state index contributed by atoms with van der Waals surface area (Å²) in [5.41, 5.74) is 0.111. The van der Waals surface area contributed by atoms with Crippen LogP contribution >= 0.6 is 0 Å². The molecule has 0 saturated carbocycles. The van der Waals surface area contributed by atoms with Crippen LogP contribution in [0, 0.1) is 0 Å². The Hall–Kier alpha value is -3.16. The number of anilines is 2. The molecule has 2 aromatic heterocycles. The van der Waals surface area contributed by atoms with Gasteiger partial charge < -0.3 is 10.6 Å². The van der Waals surface area contributed by atoms with Crippen molar-refractivity contribution in [3.8, 4) is 0 Å². The summed E-state index contributed by atoms with van der Waals surface area (Å²) < 4.78 is 37.8. The van der Waals surface area contributed by atoms with E-state index >= 15 is 0 Å². The summed E-state index contributed by atoms with van der Waals surface area (Å²) in [6, 6.07) is 10.4. The van der Waals surface area contributed by atoms with Crippen LogP contribution in [0.2, 0.25) is 0 Å². The monoisotopic (exact) mass is 332 g/mol. The Balaban J connectivity index is 1.73. The van der Waals surface area contributed by atoms with Crippen LogP contribution < -0.4 is 10.6 Å². The van der Waals surface area contributed by atoms with Crippen molar-refractivity contribution in [3.05, 3.63) is 60.6 Å². The molecule has 0 aliphatic rings. The lowest BCUT2D eigenvalue weighted by atomic mass is 10.2. The minimum atomic E-state index is -4.57. The number of hydrogen-bond acceptors (Lipinski definition) is 3. The van der Waals surface area contributed by atoms with E-state index in [9.17, 15) is 18.0 Å². The van der Waals surface area contributed by atoms with E-state index in [0.717, 1.165) is 23.2 Å². The van der Waals surface area contributed by atoms with Gasteiger partial charge in [-0.3, -0.25) is 9.97 Å². The Kier molecular flexibility index (Phi) is 4.03. The lowest BCUT2D eigenvalue weighted by Gasteiger charge is -2.10. The number of fused-ring (bicyclic) bond motifs is 1. The van der Waals surface area contributed by atoms with E-state index in [1.807, 2.05) is 24.3 Å². The third-order valence-electron chi connectivity index (χ3n) is 3.16. The summed E-state index contributed by atoms with van der Waals surface area (Å²) in [5.74, 6) is 0. The van der Waals surface area contributed by atoms with Crippen molar-refractivity contribution in [1.82, 2.24) is 9.97 Å². The second-order valence-electron chi connectivity index (χ2n) is 4.92. The number of alkyl halides is 3. The van der Waals surface area contributed by atoms with Crippen LogP contribution in [0.1, 0.15) is 5.69 Å². The maximum absolute atomic E-state index is 12.6. The van der Waals surface area contributed by atoms with Gasteiger partial charge in [-0.15, -0.1) is 0 Å². The number of nitrogens with one attached hydrogen (secondary N) is 2. The Morgan fingerprint density at radius 3 is 2.50 bits per heavy atom. The molecule has 24 heavy (non-hydrogen) atoms. The van der Waals surface area contributed by atoms with Gasteiger partial charge in [0.2, 0.25) is 0 Å². The molecule has 3 aromatic rings. The zero-order valence-electron chi connectivity index (χ0n) is 12.1. The van der Waals surface area contributed by atoms with Crippen LogP contribution in [0.3, 0.4) is 0 Å². The molecule has 2 N–H and O–H groups in total. The molecule has 0 aliphatic carbocycles. The van der Waals surface area contributed by atoms with E-state index in [2.05, 4.69) is 20.6 Å². The number of nitrogens with zero attached hydrogens (tertiary/aromatic N) is 2. The van der Waals surface area contributed by atoms with Crippen LogP contribution in [-0.4, -0.2) is 16.0 Å².